The third-order valence-electron chi connectivity index (χ3n) is 0.423. The van der Waals surface area contributed by atoms with Gasteiger partial charge in [0.25, 0.3) is 0 Å². The first-order chi connectivity index (χ1) is 3.41. The van der Waals surface area contributed by atoms with Crippen LogP contribution in [0.5, 0.6) is 0 Å². The normalized spacial score (nSPS) is 9.29. The van der Waals surface area contributed by atoms with Crippen LogP contribution in [0.2, 0.25) is 0 Å². The minimum atomic E-state index is 0.539. The molecule has 0 heterocycles. The van der Waals surface area contributed by atoms with Gasteiger partial charge in [-0.15, -0.1) is 0 Å². The highest BCUT2D eigenvalue weighted by molar-refractivity contribution is 5.53. The maximum atomic E-state index is 3.65. The fourth-order valence-corrected chi connectivity index (χ4v) is 0.197. The Hall–Kier alpha value is -0.860. The van der Waals surface area contributed by atoms with Gasteiger partial charge in [0.1, 0.15) is 6.67 Å². The zero-order valence-electron chi connectivity index (χ0n) is 4.39. The molecule has 0 aliphatic carbocycles. The molecule has 0 fully saturated rings. The molecule has 0 amide bonds. The van der Waals surface area contributed by atoms with E-state index in [1.54, 1.807) is 13.4 Å². The minimum absolute atomic E-state index is 0.539. The van der Waals surface area contributed by atoms with Gasteiger partial charge in [-0.2, -0.15) is 0 Å². The van der Waals surface area contributed by atoms with Crippen molar-refractivity contribution in [2.75, 3.05) is 13.7 Å². The van der Waals surface area contributed by atoms with Gasteiger partial charge in [-0.05, 0) is 6.72 Å². The number of rotatable bonds is 3. The Morgan fingerprint density at radius 1 is 1.86 bits per heavy atom. The second kappa shape index (κ2) is 5.14. The largest absolute Gasteiger partial charge is 0.358 e. The molecule has 0 saturated carbocycles. The molecular formula is C4H9N3. The highest BCUT2D eigenvalue weighted by Crippen LogP contribution is 1.51. The summed E-state index contributed by atoms with van der Waals surface area (Å²) in [7, 11) is 1.69. The van der Waals surface area contributed by atoms with Crippen molar-refractivity contribution in [3.63, 3.8) is 0 Å². The molecule has 0 spiro atoms. The maximum Gasteiger partial charge on any atom is 0.107 e. The molecular weight excluding hydrogens is 90.1 g/mol. The van der Waals surface area contributed by atoms with Gasteiger partial charge in [-0.1, -0.05) is 0 Å². The standard InChI is InChI=1S/C4H9N3/c1-5-3-7-4-6-2/h4H,1,3H2,2H3,(H,6,7). The molecule has 0 saturated heterocycles. The highest BCUT2D eigenvalue weighted by Gasteiger charge is 1.63. The lowest BCUT2D eigenvalue weighted by Gasteiger charge is -1.86. The second-order valence-electron chi connectivity index (χ2n) is 0.973. The Balaban J connectivity index is 2.82. The molecule has 0 bridgehead atoms. The van der Waals surface area contributed by atoms with Gasteiger partial charge in [0, 0.05) is 7.05 Å². The zero-order valence-corrected chi connectivity index (χ0v) is 4.39. The molecule has 40 valence electrons. The summed E-state index contributed by atoms with van der Waals surface area (Å²) in [5, 5.41) is 2.76. The van der Waals surface area contributed by atoms with Crippen molar-refractivity contribution in [3.05, 3.63) is 0 Å². The number of nitrogens with one attached hydrogen (secondary N) is 1. The van der Waals surface area contributed by atoms with Gasteiger partial charge in [0.05, 0.1) is 6.34 Å². The lowest BCUT2D eigenvalue weighted by Crippen LogP contribution is -2.09. The van der Waals surface area contributed by atoms with Crippen LogP contribution in [0.3, 0.4) is 0 Å². The topological polar surface area (TPSA) is 36.8 Å². The Morgan fingerprint density at radius 3 is 3.00 bits per heavy atom. The summed E-state index contributed by atoms with van der Waals surface area (Å²) >= 11 is 0. The van der Waals surface area contributed by atoms with Crippen molar-refractivity contribution in [2.45, 2.75) is 0 Å². The van der Waals surface area contributed by atoms with Crippen molar-refractivity contribution in [1.82, 2.24) is 5.32 Å². The Morgan fingerprint density at radius 2 is 2.57 bits per heavy atom. The summed E-state index contributed by atoms with van der Waals surface area (Å²) in [5.41, 5.74) is 0. The summed E-state index contributed by atoms with van der Waals surface area (Å²) in [5.74, 6) is 0. The maximum absolute atomic E-state index is 3.65. The summed E-state index contributed by atoms with van der Waals surface area (Å²) in [4.78, 5) is 7.17. The summed E-state index contributed by atoms with van der Waals surface area (Å²) in [6, 6.07) is 0. The van der Waals surface area contributed by atoms with Crippen molar-refractivity contribution in [2.24, 2.45) is 9.98 Å². The number of nitrogens with zero attached hydrogens (tertiary/aromatic N) is 2. The van der Waals surface area contributed by atoms with Crippen LogP contribution in [-0.2, 0) is 0 Å². The summed E-state index contributed by atoms with van der Waals surface area (Å²) in [6.45, 7) is 3.80. The van der Waals surface area contributed by atoms with Crippen LogP contribution < -0.4 is 5.32 Å². The predicted molar refractivity (Wildman–Crippen MR) is 32.0 cm³/mol. The highest BCUT2D eigenvalue weighted by atomic mass is 15.0. The molecule has 3 heteroatoms. The second-order valence-corrected chi connectivity index (χ2v) is 0.973. The first-order valence-corrected chi connectivity index (χ1v) is 1.98. The average Bonchev–Trinajstić information content (AvgIpc) is 1.69. The van der Waals surface area contributed by atoms with Crippen molar-refractivity contribution >= 4 is 13.1 Å². The van der Waals surface area contributed by atoms with E-state index in [4.69, 9.17) is 0 Å². The van der Waals surface area contributed by atoms with Gasteiger partial charge >= 0.3 is 0 Å². The molecule has 0 aromatic carbocycles. The van der Waals surface area contributed by atoms with E-state index >= 15 is 0 Å². The summed E-state index contributed by atoms with van der Waals surface area (Å²) in [6.07, 6.45) is 1.58. The molecule has 1 N–H and O–H groups in total. The van der Waals surface area contributed by atoms with Crippen LogP contribution in [0, 0.1) is 0 Å². The molecule has 0 aromatic rings. The van der Waals surface area contributed by atoms with Gasteiger partial charge in [-0.3, -0.25) is 9.98 Å². The average molecular weight is 99.1 g/mol. The zero-order chi connectivity index (χ0) is 5.54. The van der Waals surface area contributed by atoms with E-state index in [0.717, 1.165) is 0 Å². The molecule has 0 aliphatic heterocycles. The van der Waals surface area contributed by atoms with Crippen LogP contribution in [0.25, 0.3) is 0 Å². The fraction of sp³-hybridized carbons (Fsp3) is 0.500. The first kappa shape index (κ1) is 6.14. The molecule has 7 heavy (non-hydrogen) atoms. The molecule has 0 radical (unpaired) electrons. The first-order valence-electron chi connectivity index (χ1n) is 1.98. The fourth-order valence-electron chi connectivity index (χ4n) is 0.197. The third kappa shape index (κ3) is 5.14. The van der Waals surface area contributed by atoms with Gasteiger partial charge < -0.3 is 5.32 Å². The van der Waals surface area contributed by atoms with Crippen LogP contribution in [-0.4, -0.2) is 26.8 Å². The van der Waals surface area contributed by atoms with Crippen LogP contribution in [0.15, 0.2) is 9.98 Å². The van der Waals surface area contributed by atoms with Gasteiger partial charge in [-0.25, -0.2) is 0 Å². The molecule has 0 atom stereocenters. The van der Waals surface area contributed by atoms with Crippen molar-refractivity contribution in [3.8, 4) is 0 Å². The predicted octanol–water partition coefficient (Wildman–Crippen LogP) is -0.108. The van der Waals surface area contributed by atoms with Crippen LogP contribution >= 0.6 is 0 Å². The quantitative estimate of drug-likeness (QED) is 0.299. The van der Waals surface area contributed by atoms with E-state index in [1.807, 2.05) is 0 Å². The Bertz CT molecular complexity index is 67.3. The Labute approximate surface area is 43.2 Å². The van der Waals surface area contributed by atoms with E-state index in [9.17, 15) is 0 Å². The lowest BCUT2D eigenvalue weighted by molar-refractivity contribution is 0.950. The minimum Gasteiger partial charge on any atom is -0.358 e. The summed E-state index contributed by atoms with van der Waals surface area (Å²) < 4.78 is 0. The van der Waals surface area contributed by atoms with Gasteiger partial charge in [0.15, 0.2) is 0 Å². The SMILES string of the molecule is C=NCN/C=N\C. The number of aliphatic imine (C=N–C) groups is 2. The van der Waals surface area contributed by atoms with E-state index < -0.39 is 0 Å². The number of hydrogen-bond acceptors (Lipinski definition) is 2. The van der Waals surface area contributed by atoms with Crippen LogP contribution in [0.4, 0.5) is 0 Å². The molecule has 3 nitrogen and oxygen atoms in total. The van der Waals surface area contributed by atoms with E-state index in [1.165, 1.54) is 0 Å². The smallest absolute Gasteiger partial charge is 0.107 e. The monoisotopic (exact) mass is 99.1 g/mol. The van der Waals surface area contributed by atoms with Crippen molar-refractivity contribution < 1.29 is 0 Å². The van der Waals surface area contributed by atoms with Gasteiger partial charge in [0.2, 0.25) is 0 Å². The third-order valence-corrected chi connectivity index (χ3v) is 0.423. The van der Waals surface area contributed by atoms with E-state index in [2.05, 4.69) is 22.0 Å². The molecule has 0 aromatic heterocycles. The molecule has 0 rings (SSSR count). The van der Waals surface area contributed by atoms with E-state index in [0.29, 0.717) is 6.67 Å². The lowest BCUT2D eigenvalue weighted by atomic mass is 11.0. The van der Waals surface area contributed by atoms with E-state index in [-0.39, 0.29) is 0 Å². The van der Waals surface area contributed by atoms with Crippen molar-refractivity contribution in [1.29, 1.82) is 0 Å². The Kier molecular flexibility index (Phi) is 4.51. The van der Waals surface area contributed by atoms with Crippen LogP contribution in [0.1, 0.15) is 0 Å². The molecule has 0 aliphatic rings. The molecule has 0 unspecified atom stereocenters. The number of hydrogen-bond donors (Lipinski definition) is 1.